The van der Waals surface area contributed by atoms with Crippen LogP contribution in [0.3, 0.4) is 0 Å². The van der Waals surface area contributed by atoms with Crippen molar-refractivity contribution < 1.29 is 0 Å². The van der Waals surface area contributed by atoms with E-state index in [-0.39, 0.29) is 24.0 Å². The Morgan fingerprint density at radius 3 is 2.70 bits per heavy atom. The summed E-state index contributed by atoms with van der Waals surface area (Å²) >= 11 is 0. The Labute approximate surface area is 158 Å². The van der Waals surface area contributed by atoms with Gasteiger partial charge < -0.3 is 14.8 Å². The molecule has 1 aliphatic carbocycles. The minimum absolute atomic E-state index is 0. The van der Waals surface area contributed by atoms with Gasteiger partial charge in [0, 0.05) is 39.1 Å². The maximum atomic E-state index is 4.75. The highest BCUT2D eigenvalue weighted by Gasteiger charge is 2.20. The number of guanidine groups is 1. The van der Waals surface area contributed by atoms with E-state index >= 15 is 0 Å². The molecule has 1 heterocycles. The number of hydrogen-bond donors (Lipinski definition) is 1. The fourth-order valence-electron chi connectivity index (χ4n) is 3.15. The Hall–Kier alpha value is -0.790. The van der Waals surface area contributed by atoms with Gasteiger partial charge >= 0.3 is 0 Å². The number of aliphatic imine (C=N–C) groups is 1. The van der Waals surface area contributed by atoms with E-state index in [4.69, 9.17) is 4.99 Å². The van der Waals surface area contributed by atoms with Gasteiger partial charge in [-0.15, -0.1) is 24.0 Å². The predicted molar refractivity (Wildman–Crippen MR) is 107 cm³/mol. The van der Waals surface area contributed by atoms with Gasteiger partial charge in [-0.25, -0.2) is 4.98 Å². The molecule has 1 fully saturated rings. The van der Waals surface area contributed by atoms with E-state index in [1.807, 2.05) is 18.7 Å². The Bertz CT molecular complexity index is 438. The van der Waals surface area contributed by atoms with Crippen LogP contribution in [0.2, 0.25) is 0 Å². The van der Waals surface area contributed by atoms with Crippen LogP contribution in [0, 0.1) is 11.8 Å². The Morgan fingerprint density at radius 1 is 1.35 bits per heavy atom. The maximum Gasteiger partial charge on any atom is 0.193 e. The largest absolute Gasteiger partial charge is 0.357 e. The molecule has 1 saturated carbocycles. The summed E-state index contributed by atoms with van der Waals surface area (Å²) in [5.41, 5.74) is 0. The zero-order valence-electron chi connectivity index (χ0n) is 14.7. The van der Waals surface area contributed by atoms with E-state index in [0.29, 0.717) is 0 Å². The Morgan fingerprint density at radius 2 is 2.09 bits per heavy atom. The fourth-order valence-corrected chi connectivity index (χ4v) is 3.15. The number of halogens is 1. The van der Waals surface area contributed by atoms with Crippen LogP contribution in [0.4, 0.5) is 0 Å². The molecular formula is C17H32IN5. The van der Waals surface area contributed by atoms with Crippen molar-refractivity contribution >= 4 is 29.9 Å². The van der Waals surface area contributed by atoms with E-state index in [1.54, 1.807) is 0 Å². The van der Waals surface area contributed by atoms with Crippen molar-refractivity contribution in [2.24, 2.45) is 16.8 Å². The Balaban J connectivity index is 0.00000264. The first kappa shape index (κ1) is 20.3. The molecule has 1 N–H and O–H groups in total. The maximum absolute atomic E-state index is 4.75. The molecule has 0 bridgehead atoms. The van der Waals surface area contributed by atoms with E-state index in [1.165, 1.54) is 25.7 Å². The zero-order chi connectivity index (χ0) is 15.8. The molecule has 23 heavy (non-hydrogen) atoms. The lowest BCUT2D eigenvalue weighted by molar-refractivity contribution is 0.250. The van der Waals surface area contributed by atoms with Crippen molar-refractivity contribution in [1.29, 1.82) is 0 Å². The summed E-state index contributed by atoms with van der Waals surface area (Å²) in [6, 6.07) is 0. The van der Waals surface area contributed by atoms with Crippen molar-refractivity contribution in [3.05, 3.63) is 18.7 Å². The second-order valence-corrected chi connectivity index (χ2v) is 6.54. The first-order chi connectivity index (χ1) is 10.7. The summed E-state index contributed by atoms with van der Waals surface area (Å²) in [5.74, 6) is 2.76. The third kappa shape index (κ3) is 7.10. The standard InChI is InChI=1S/C17H31N5.HI/c1-4-19-17(20-10-12-22-11-9-18-14-22)21(3)13-16-7-5-15(2)6-8-16;/h9,11,14-16H,4-8,10,12-13H2,1-3H3,(H,19,20);1H. The van der Waals surface area contributed by atoms with Crippen LogP contribution < -0.4 is 5.32 Å². The SMILES string of the molecule is CCNC(=NCCn1ccnc1)N(C)CC1CCC(C)CC1.I. The molecular weight excluding hydrogens is 401 g/mol. The van der Waals surface area contributed by atoms with Crippen LogP contribution in [0.15, 0.2) is 23.7 Å². The third-order valence-electron chi connectivity index (χ3n) is 4.54. The minimum Gasteiger partial charge on any atom is -0.357 e. The lowest BCUT2D eigenvalue weighted by Gasteiger charge is -2.31. The Kier molecular flexibility index (Phi) is 9.59. The molecule has 2 rings (SSSR count). The summed E-state index contributed by atoms with van der Waals surface area (Å²) in [6.45, 7) is 8.19. The van der Waals surface area contributed by atoms with Gasteiger partial charge in [0.25, 0.3) is 0 Å². The molecule has 0 aromatic carbocycles. The highest BCUT2D eigenvalue weighted by Crippen LogP contribution is 2.28. The van der Waals surface area contributed by atoms with Gasteiger partial charge in [-0.2, -0.15) is 0 Å². The number of rotatable bonds is 6. The smallest absolute Gasteiger partial charge is 0.193 e. The summed E-state index contributed by atoms with van der Waals surface area (Å²) in [7, 11) is 2.16. The highest BCUT2D eigenvalue weighted by atomic mass is 127. The summed E-state index contributed by atoms with van der Waals surface area (Å²) in [5, 5.41) is 3.41. The fraction of sp³-hybridized carbons (Fsp3) is 0.765. The minimum atomic E-state index is 0. The molecule has 0 unspecified atom stereocenters. The third-order valence-corrected chi connectivity index (χ3v) is 4.54. The normalized spacial score (nSPS) is 21.6. The van der Waals surface area contributed by atoms with Crippen molar-refractivity contribution in [1.82, 2.24) is 19.8 Å². The van der Waals surface area contributed by atoms with Gasteiger partial charge in [-0.05, 0) is 31.6 Å². The van der Waals surface area contributed by atoms with Crippen molar-refractivity contribution in [3.8, 4) is 0 Å². The van der Waals surface area contributed by atoms with E-state index < -0.39 is 0 Å². The van der Waals surface area contributed by atoms with Crippen LogP contribution in [-0.2, 0) is 6.54 Å². The first-order valence-electron chi connectivity index (χ1n) is 8.64. The van der Waals surface area contributed by atoms with Gasteiger partial charge in [-0.3, -0.25) is 4.99 Å². The predicted octanol–water partition coefficient (Wildman–Crippen LogP) is 3.22. The van der Waals surface area contributed by atoms with Crippen molar-refractivity contribution in [2.45, 2.75) is 46.1 Å². The summed E-state index contributed by atoms with van der Waals surface area (Å²) in [6.07, 6.45) is 11.1. The van der Waals surface area contributed by atoms with Crippen LogP contribution in [0.1, 0.15) is 39.5 Å². The second kappa shape index (κ2) is 10.9. The van der Waals surface area contributed by atoms with Crippen LogP contribution in [-0.4, -0.2) is 47.1 Å². The van der Waals surface area contributed by atoms with Gasteiger partial charge in [-0.1, -0.05) is 19.8 Å². The number of nitrogens with zero attached hydrogens (tertiary/aromatic N) is 4. The lowest BCUT2D eigenvalue weighted by Crippen LogP contribution is -2.42. The van der Waals surface area contributed by atoms with E-state index in [0.717, 1.165) is 44.0 Å². The molecule has 0 aliphatic heterocycles. The number of hydrogen-bond acceptors (Lipinski definition) is 2. The molecule has 5 nitrogen and oxygen atoms in total. The molecule has 0 amide bonds. The number of aromatic nitrogens is 2. The van der Waals surface area contributed by atoms with Gasteiger partial charge in [0.2, 0.25) is 0 Å². The van der Waals surface area contributed by atoms with Gasteiger partial charge in [0.15, 0.2) is 5.96 Å². The van der Waals surface area contributed by atoms with E-state index in [2.05, 4.69) is 40.7 Å². The average molecular weight is 433 g/mol. The second-order valence-electron chi connectivity index (χ2n) is 6.54. The molecule has 0 spiro atoms. The molecule has 1 aliphatic rings. The highest BCUT2D eigenvalue weighted by molar-refractivity contribution is 14.0. The lowest BCUT2D eigenvalue weighted by atomic mass is 9.83. The van der Waals surface area contributed by atoms with Crippen LogP contribution in [0.25, 0.3) is 0 Å². The topological polar surface area (TPSA) is 45.5 Å². The molecule has 1 aromatic heterocycles. The van der Waals surface area contributed by atoms with E-state index in [9.17, 15) is 0 Å². The first-order valence-corrected chi connectivity index (χ1v) is 8.64. The molecule has 0 atom stereocenters. The quantitative estimate of drug-likeness (QED) is 0.426. The van der Waals surface area contributed by atoms with Crippen molar-refractivity contribution in [2.75, 3.05) is 26.7 Å². The van der Waals surface area contributed by atoms with Crippen LogP contribution in [0.5, 0.6) is 0 Å². The molecule has 0 saturated heterocycles. The van der Waals surface area contributed by atoms with Gasteiger partial charge in [0.05, 0.1) is 12.9 Å². The van der Waals surface area contributed by atoms with Crippen LogP contribution >= 0.6 is 24.0 Å². The van der Waals surface area contributed by atoms with Crippen molar-refractivity contribution in [3.63, 3.8) is 0 Å². The average Bonchev–Trinajstić information content (AvgIpc) is 3.02. The summed E-state index contributed by atoms with van der Waals surface area (Å²) < 4.78 is 2.07. The zero-order valence-corrected chi connectivity index (χ0v) is 17.1. The monoisotopic (exact) mass is 433 g/mol. The summed E-state index contributed by atoms with van der Waals surface area (Å²) in [4.78, 5) is 11.1. The molecule has 6 heteroatoms. The molecule has 1 aromatic rings. The molecule has 0 radical (unpaired) electrons. The number of nitrogens with one attached hydrogen (secondary N) is 1. The number of imidazole rings is 1. The molecule has 132 valence electrons. The van der Waals surface area contributed by atoms with Gasteiger partial charge in [0.1, 0.15) is 0 Å².